The Balaban J connectivity index is 2.32. The van der Waals surface area contributed by atoms with Crippen molar-refractivity contribution in [1.29, 1.82) is 0 Å². The van der Waals surface area contributed by atoms with Gasteiger partial charge in [0.25, 0.3) is 0 Å². The Kier molecular flexibility index (Phi) is 2.76. The number of fused-ring (bicyclic) bond motifs is 1. The van der Waals surface area contributed by atoms with Crippen molar-refractivity contribution in [2.75, 3.05) is 5.73 Å². The summed E-state index contributed by atoms with van der Waals surface area (Å²) < 4.78 is 13.4. The maximum absolute atomic E-state index is 13.4. The lowest BCUT2D eigenvalue weighted by molar-refractivity contribution is 0.630. The molecule has 0 aliphatic carbocycles. The van der Waals surface area contributed by atoms with Crippen molar-refractivity contribution >= 4 is 39.0 Å². The smallest absolute Gasteiger partial charge is 0.198 e. The molecule has 1 aromatic carbocycles. The van der Waals surface area contributed by atoms with Crippen LogP contribution < -0.4 is 11.2 Å². The molecular formula is C12H7ClFN3OS. The van der Waals surface area contributed by atoms with E-state index in [1.54, 1.807) is 5.38 Å². The third-order valence-electron chi connectivity index (χ3n) is 2.72. The summed E-state index contributed by atoms with van der Waals surface area (Å²) >= 11 is 6.91. The number of pyridine rings is 1. The Labute approximate surface area is 115 Å². The average molecular weight is 296 g/mol. The van der Waals surface area contributed by atoms with Crippen molar-refractivity contribution in [1.82, 2.24) is 9.97 Å². The van der Waals surface area contributed by atoms with E-state index in [0.29, 0.717) is 21.9 Å². The fourth-order valence-electron chi connectivity index (χ4n) is 1.82. The van der Waals surface area contributed by atoms with Gasteiger partial charge in [0.1, 0.15) is 5.82 Å². The number of anilines is 1. The van der Waals surface area contributed by atoms with Crippen molar-refractivity contribution < 1.29 is 4.39 Å². The van der Waals surface area contributed by atoms with Gasteiger partial charge in [0.2, 0.25) is 0 Å². The summed E-state index contributed by atoms with van der Waals surface area (Å²) in [5.41, 5.74) is 6.53. The van der Waals surface area contributed by atoms with Gasteiger partial charge in [-0.25, -0.2) is 9.37 Å². The minimum atomic E-state index is -0.630. The number of hydrogen-bond donors (Lipinski definition) is 2. The number of rotatable bonds is 1. The van der Waals surface area contributed by atoms with Gasteiger partial charge >= 0.3 is 0 Å². The first-order valence-corrected chi connectivity index (χ1v) is 6.54. The molecule has 0 radical (unpaired) electrons. The van der Waals surface area contributed by atoms with Gasteiger partial charge in [-0.1, -0.05) is 11.6 Å². The number of thiazole rings is 1. The number of nitrogens with one attached hydrogen (secondary N) is 1. The zero-order chi connectivity index (χ0) is 13.6. The Hall–Kier alpha value is -1.92. The monoisotopic (exact) mass is 295 g/mol. The van der Waals surface area contributed by atoms with Crippen molar-refractivity contribution in [3.63, 3.8) is 0 Å². The Bertz CT molecular complexity index is 843. The van der Waals surface area contributed by atoms with Gasteiger partial charge in [-0.3, -0.25) is 4.79 Å². The van der Waals surface area contributed by atoms with E-state index >= 15 is 0 Å². The molecule has 2 aromatic heterocycles. The lowest BCUT2D eigenvalue weighted by Gasteiger charge is -2.02. The maximum atomic E-state index is 13.4. The molecule has 4 nitrogen and oxygen atoms in total. The first-order chi connectivity index (χ1) is 9.06. The summed E-state index contributed by atoms with van der Waals surface area (Å²) in [6, 6.07) is 2.50. The average Bonchev–Trinajstić information content (AvgIpc) is 2.79. The van der Waals surface area contributed by atoms with Gasteiger partial charge in [0.15, 0.2) is 10.6 Å². The van der Waals surface area contributed by atoms with Gasteiger partial charge in [-0.05, 0) is 12.1 Å². The normalized spacial score (nSPS) is 11.1. The highest BCUT2D eigenvalue weighted by atomic mass is 35.5. The summed E-state index contributed by atoms with van der Waals surface area (Å²) in [5.74, 6) is -0.630. The molecule has 0 atom stereocenters. The number of hydrogen-bond acceptors (Lipinski definition) is 4. The molecule has 0 bridgehead atoms. The molecule has 3 aromatic rings. The first kappa shape index (κ1) is 12.1. The van der Waals surface area contributed by atoms with Crippen LogP contribution in [0.4, 0.5) is 9.52 Å². The zero-order valence-electron chi connectivity index (χ0n) is 9.41. The van der Waals surface area contributed by atoms with Crippen LogP contribution in [-0.2, 0) is 0 Å². The number of aromatic nitrogens is 2. The molecule has 7 heteroatoms. The molecular weight excluding hydrogens is 289 g/mol. The van der Waals surface area contributed by atoms with E-state index < -0.39 is 5.82 Å². The minimum Gasteiger partial charge on any atom is -0.375 e. The zero-order valence-corrected chi connectivity index (χ0v) is 11.0. The predicted octanol–water partition coefficient (Wildman–Crippen LogP) is 3.03. The molecule has 96 valence electrons. The molecule has 0 aliphatic heterocycles. The SMILES string of the molecule is Nc1nc(-c2c[nH]c3cc(Cl)c(F)cc3c2=O)cs1. The molecule has 0 aliphatic rings. The number of H-pyrrole nitrogens is 1. The van der Waals surface area contributed by atoms with Crippen molar-refractivity contribution in [3.05, 3.63) is 44.8 Å². The molecule has 0 fully saturated rings. The first-order valence-electron chi connectivity index (χ1n) is 5.28. The topological polar surface area (TPSA) is 71.8 Å². The Morgan fingerprint density at radius 3 is 2.89 bits per heavy atom. The molecule has 3 rings (SSSR count). The summed E-state index contributed by atoms with van der Waals surface area (Å²) in [6.45, 7) is 0. The highest BCUT2D eigenvalue weighted by molar-refractivity contribution is 7.13. The third kappa shape index (κ3) is 1.98. The van der Waals surface area contributed by atoms with Crippen LogP contribution in [0.5, 0.6) is 0 Å². The number of nitrogen functional groups attached to an aromatic ring is 1. The molecule has 0 unspecified atom stereocenters. The van der Waals surface area contributed by atoms with Gasteiger partial charge in [0, 0.05) is 17.0 Å². The second kappa shape index (κ2) is 4.32. The molecule has 0 spiro atoms. The minimum absolute atomic E-state index is 0.0335. The molecule has 0 saturated heterocycles. The summed E-state index contributed by atoms with van der Waals surface area (Å²) in [7, 11) is 0. The van der Waals surface area contributed by atoms with Crippen LogP contribution in [0.1, 0.15) is 0 Å². The summed E-state index contributed by atoms with van der Waals surface area (Å²) in [4.78, 5) is 19.2. The van der Waals surface area contributed by atoms with E-state index in [9.17, 15) is 9.18 Å². The lowest BCUT2D eigenvalue weighted by Crippen LogP contribution is -2.07. The second-order valence-electron chi connectivity index (χ2n) is 3.91. The predicted molar refractivity (Wildman–Crippen MR) is 75.1 cm³/mol. The Morgan fingerprint density at radius 1 is 1.42 bits per heavy atom. The van der Waals surface area contributed by atoms with E-state index in [0.717, 1.165) is 6.07 Å². The standard InChI is InChI=1S/C12H7ClFN3OS/c13-7-2-9-5(1-8(7)14)11(18)6(3-16-9)10-4-19-12(15)17-10/h1-4H,(H2,15,17)(H,16,18). The molecule has 19 heavy (non-hydrogen) atoms. The molecule has 0 saturated carbocycles. The summed E-state index contributed by atoms with van der Waals surface area (Å²) in [5, 5.41) is 2.24. The van der Waals surface area contributed by atoms with Crippen LogP contribution in [0.3, 0.4) is 0 Å². The van der Waals surface area contributed by atoms with Crippen molar-refractivity contribution in [2.24, 2.45) is 0 Å². The second-order valence-corrected chi connectivity index (χ2v) is 5.21. The fourth-order valence-corrected chi connectivity index (χ4v) is 2.54. The van der Waals surface area contributed by atoms with Crippen molar-refractivity contribution in [2.45, 2.75) is 0 Å². The number of nitrogens with two attached hydrogens (primary N) is 1. The third-order valence-corrected chi connectivity index (χ3v) is 3.68. The van der Waals surface area contributed by atoms with E-state index in [1.807, 2.05) is 0 Å². The van der Waals surface area contributed by atoms with Gasteiger partial charge in [0.05, 0.1) is 21.8 Å². The van der Waals surface area contributed by atoms with E-state index in [4.69, 9.17) is 17.3 Å². The van der Waals surface area contributed by atoms with Crippen molar-refractivity contribution in [3.8, 4) is 11.3 Å². The quantitative estimate of drug-likeness (QED) is 0.725. The molecule has 0 amide bonds. The highest BCUT2D eigenvalue weighted by Crippen LogP contribution is 2.24. The molecule has 3 N–H and O–H groups in total. The van der Waals surface area contributed by atoms with Gasteiger partial charge < -0.3 is 10.7 Å². The number of aromatic amines is 1. The number of nitrogens with zero attached hydrogens (tertiary/aromatic N) is 1. The van der Waals surface area contributed by atoms with Crippen LogP contribution >= 0.6 is 22.9 Å². The number of benzene rings is 1. The van der Waals surface area contributed by atoms with Crippen LogP contribution in [0, 0.1) is 5.82 Å². The van der Waals surface area contributed by atoms with Gasteiger partial charge in [-0.15, -0.1) is 11.3 Å². The van der Waals surface area contributed by atoms with Crippen LogP contribution in [-0.4, -0.2) is 9.97 Å². The number of halogens is 2. The van der Waals surface area contributed by atoms with E-state index in [-0.39, 0.29) is 15.8 Å². The Morgan fingerprint density at radius 2 is 2.21 bits per heavy atom. The largest absolute Gasteiger partial charge is 0.375 e. The summed E-state index contributed by atoms with van der Waals surface area (Å²) in [6.07, 6.45) is 1.52. The van der Waals surface area contributed by atoms with Crippen LogP contribution in [0.2, 0.25) is 5.02 Å². The van der Waals surface area contributed by atoms with Crippen LogP contribution in [0.15, 0.2) is 28.5 Å². The van der Waals surface area contributed by atoms with Crippen LogP contribution in [0.25, 0.3) is 22.2 Å². The lowest BCUT2D eigenvalue weighted by atomic mass is 10.1. The van der Waals surface area contributed by atoms with Gasteiger partial charge in [-0.2, -0.15) is 0 Å². The maximum Gasteiger partial charge on any atom is 0.198 e. The van der Waals surface area contributed by atoms with E-state index in [2.05, 4.69) is 9.97 Å². The highest BCUT2D eigenvalue weighted by Gasteiger charge is 2.12. The molecule has 2 heterocycles. The fraction of sp³-hybridized carbons (Fsp3) is 0. The van der Waals surface area contributed by atoms with E-state index in [1.165, 1.54) is 23.6 Å².